The van der Waals surface area contributed by atoms with Gasteiger partial charge < -0.3 is 29.9 Å². The van der Waals surface area contributed by atoms with Crippen molar-refractivity contribution in [3.05, 3.63) is 71.9 Å². The van der Waals surface area contributed by atoms with E-state index in [1.54, 1.807) is 54.6 Å². The number of carbonyl (C=O) groups is 1. The molecule has 0 bridgehead atoms. The summed E-state index contributed by atoms with van der Waals surface area (Å²) in [5, 5.41) is 40.2. The lowest BCUT2D eigenvalue weighted by atomic mass is 9.99. The van der Waals surface area contributed by atoms with Gasteiger partial charge in [0.2, 0.25) is 12.1 Å². The second-order valence-electron chi connectivity index (χ2n) is 7.03. The smallest absolute Gasteiger partial charge is 0.229 e. The first-order valence-corrected chi connectivity index (χ1v) is 9.46. The van der Waals surface area contributed by atoms with E-state index in [4.69, 9.17) is 9.47 Å². The molecule has 0 amide bonds. The normalized spacial score (nSPS) is 26.5. The van der Waals surface area contributed by atoms with Crippen molar-refractivity contribution in [2.24, 2.45) is 0 Å². The number of aliphatic hydroxyl groups is 4. The lowest BCUT2D eigenvalue weighted by Gasteiger charge is -2.39. The number of rotatable bonds is 5. The van der Waals surface area contributed by atoms with Crippen molar-refractivity contribution in [3.8, 4) is 5.75 Å². The Hall–Kier alpha value is -2.88. The number of ketones is 1. The summed E-state index contributed by atoms with van der Waals surface area (Å²) in [5.74, 6) is -0.0281. The van der Waals surface area contributed by atoms with Gasteiger partial charge in [0, 0.05) is 10.9 Å². The van der Waals surface area contributed by atoms with Crippen molar-refractivity contribution < 1.29 is 34.7 Å². The van der Waals surface area contributed by atoms with Gasteiger partial charge in [-0.25, -0.2) is 4.98 Å². The molecule has 0 unspecified atom stereocenters. The van der Waals surface area contributed by atoms with Crippen molar-refractivity contribution in [1.29, 1.82) is 0 Å². The molecule has 0 aliphatic carbocycles. The van der Waals surface area contributed by atoms with E-state index in [9.17, 15) is 25.2 Å². The third-order valence-electron chi connectivity index (χ3n) is 5.04. The fourth-order valence-electron chi connectivity index (χ4n) is 3.37. The quantitative estimate of drug-likeness (QED) is 0.450. The summed E-state index contributed by atoms with van der Waals surface area (Å²) in [7, 11) is 0. The van der Waals surface area contributed by atoms with E-state index < -0.39 is 37.3 Å². The Morgan fingerprint density at radius 1 is 0.933 bits per heavy atom. The van der Waals surface area contributed by atoms with Gasteiger partial charge in [-0.05, 0) is 12.1 Å². The summed E-state index contributed by atoms with van der Waals surface area (Å²) < 4.78 is 11.1. The second-order valence-corrected chi connectivity index (χ2v) is 7.03. The van der Waals surface area contributed by atoms with E-state index in [2.05, 4.69) is 4.98 Å². The molecular formula is C22H21NO7. The van der Waals surface area contributed by atoms with Crippen LogP contribution in [0.15, 0.2) is 60.7 Å². The SMILES string of the molecule is O=C(c1ccccc1)c1ccc2cccc(O[C@@H]3O[C@@H](CO)[C@@H](O)[C@@H](O)[C@@H]3O)c2n1. The van der Waals surface area contributed by atoms with Gasteiger partial charge in [0.05, 0.1) is 6.61 Å². The van der Waals surface area contributed by atoms with Crippen LogP contribution in [0.2, 0.25) is 0 Å². The highest BCUT2D eigenvalue weighted by Crippen LogP contribution is 2.29. The van der Waals surface area contributed by atoms with Crippen molar-refractivity contribution in [1.82, 2.24) is 4.98 Å². The van der Waals surface area contributed by atoms with E-state index >= 15 is 0 Å². The first-order valence-electron chi connectivity index (χ1n) is 9.46. The Morgan fingerprint density at radius 3 is 2.43 bits per heavy atom. The number of pyridine rings is 1. The van der Waals surface area contributed by atoms with Gasteiger partial charge in [-0.1, -0.05) is 48.5 Å². The first-order chi connectivity index (χ1) is 14.5. The zero-order valence-corrected chi connectivity index (χ0v) is 15.8. The number of hydrogen-bond donors (Lipinski definition) is 4. The molecule has 1 fully saturated rings. The van der Waals surface area contributed by atoms with Crippen LogP contribution in [0, 0.1) is 0 Å². The number of aliphatic hydroxyl groups excluding tert-OH is 4. The molecule has 4 N–H and O–H groups in total. The maximum absolute atomic E-state index is 12.7. The molecule has 1 saturated heterocycles. The second kappa shape index (κ2) is 8.47. The first kappa shape index (κ1) is 20.4. The highest BCUT2D eigenvalue weighted by Gasteiger charge is 2.44. The zero-order valence-electron chi connectivity index (χ0n) is 15.8. The minimum Gasteiger partial charge on any atom is -0.460 e. The molecule has 30 heavy (non-hydrogen) atoms. The van der Waals surface area contributed by atoms with E-state index in [0.29, 0.717) is 16.5 Å². The Balaban J connectivity index is 1.67. The fraction of sp³-hybridized carbons (Fsp3) is 0.273. The van der Waals surface area contributed by atoms with Gasteiger partial charge >= 0.3 is 0 Å². The van der Waals surface area contributed by atoms with Crippen molar-refractivity contribution >= 4 is 16.7 Å². The number of fused-ring (bicyclic) bond motifs is 1. The molecule has 8 nitrogen and oxygen atoms in total. The molecule has 0 radical (unpaired) electrons. The average molecular weight is 411 g/mol. The average Bonchev–Trinajstić information content (AvgIpc) is 2.79. The molecule has 3 aromatic rings. The van der Waals surface area contributed by atoms with Gasteiger partial charge in [0.25, 0.3) is 0 Å². The molecule has 8 heteroatoms. The number of hydrogen-bond acceptors (Lipinski definition) is 8. The van der Waals surface area contributed by atoms with Crippen LogP contribution in [0.1, 0.15) is 16.1 Å². The van der Waals surface area contributed by atoms with E-state index in [1.165, 1.54) is 0 Å². The number of para-hydroxylation sites is 1. The van der Waals surface area contributed by atoms with Gasteiger partial charge in [-0.2, -0.15) is 0 Å². The predicted molar refractivity (Wildman–Crippen MR) is 106 cm³/mol. The summed E-state index contributed by atoms with van der Waals surface area (Å²) in [6, 6.07) is 17.2. The number of carbonyl (C=O) groups excluding carboxylic acids is 1. The minimum atomic E-state index is -1.56. The Bertz CT molecular complexity index is 1040. The summed E-state index contributed by atoms with van der Waals surface area (Å²) in [6.07, 6.45) is -7.02. The summed E-state index contributed by atoms with van der Waals surface area (Å²) in [6.45, 7) is -0.561. The van der Waals surface area contributed by atoms with Gasteiger partial charge in [-0.15, -0.1) is 0 Å². The standard InChI is InChI=1S/C22H21NO7/c24-11-16-19(26)20(27)21(28)22(30-16)29-15-8-4-7-12-9-10-14(23-17(12)15)18(25)13-5-2-1-3-6-13/h1-10,16,19-22,24,26-28H,11H2/t16-,19+,20+,21-,22+/m0/s1. The highest BCUT2D eigenvalue weighted by molar-refractivity contribution is 6.08. The predicted octanol–water partition coefficient (Wildman–Crippen LogP) is 0.644. The van der Waals surface area contributed by atoms with Crippen LogP contribution >= 0.6 is 0 Å². The number of benzene rings is 2. The van der Waals surface area contributed by atoms with E-state index in [0.717, 1.165) is 0 Å². The molecule has 2 aromatic carbocycles. The fourth-order valence-corrected chi connectivity index (χ4v) is 3.37. The van der Waals surface area contributed by atoms with Crippen molar-refractivity contribution in [2.75, 3.05) is 6.61 Å². The van der Waals surface area contributed by atoms with Crippen LogP contribution in [0.25, 0.3) is 10.9 Å². The number of ether oxygens (including phenoxy) is 2. The lowest BCUT2D eigenvalue weighted by Crippen LogP contribution is -2.60. The maximum Gasteiger partial charge on any atom is 0.229 e. The topological polar surface area (TPSA) is 129 Å². The lowest BCUT2D eigenvalue weighted by molar-refractivity contribution is -0.277. The van der Waals surface area contributed by atoms with Gasteiger partial charge in [-0.3, -0.25) is 4.79 Å². The third kappa shape index (κ3) is 3.79. The molecule has 156 valence electrons. The number of nitrogens with zero attached hydrogens (tertiary/aromatic N) is 1. The molecule has 5 atom stereocenters. The largest absolute Gasteiger partial charge is 0.460 e. The van der Waals surface area contributed by atoms with E-state index in [-0.39, 0.29) is 17.2 Å². The van der Waals surface area contributed by atoms with Gasteiger partial charge in [0.15, 0.2) is 0 Å². The van der Waals surface area contributed by atoms with Crippen LogP contribution in [-0.4, -0.2) is 68.5 Å². The monoisotopic (exact) mass is 411 g/mol. The Labute approximate surface area is 172 Å². The Morgan fingerprint density at radius 2 is 1.70 bits per heavy atom. The summed E-state index contributed by atoms with van der Waals surface area (Å²) >= 11 is 0. The van der Waals surface area contributed by atoms with Crippen LogP contribution in [-0.2, 0) is 4.74 Å². The zero-order chi connectivity index (χ0) is 21.3. The molecule has 1 aromatic heterocycles. The highest BCUT2D eigenvalue weighted by atomic mass is 16.7. The molecule has 4 rings (SSSR count). The van der Waals surface area contributed by atoms with Crippen LogP contribution in [0.5, 0.6) is 5.75 Å². The van der Waals surface area contributed by atoms with Gasteiger partial charge in [0.1, 0.15) is 41.4 Å². The van der Waals surface area contributed by atoms with E-state index in [1.807, 2.05) is 6.07 Å². The molecule has 1 aliphatic heterocycles. The van der Waals surface area contributed by atoms with Crippen molar-refractivity contribution in [2.45, 2.75) is 30.7 Å². The van der Waals surface area contributed by atoms with Crippen LogP contribution in [0.4, 0.5) is 0 Å². The summed E-state index contributed by atoms with van der Waals surface area (Å²) in [4.78, 5) is 17.2. The number of aromatic nitrogens is 1. The Kier molecular flexibility index (Phi) is 5.76. The molecule has 0 spiro atoms. The molecule has 2 heterocycles. The maximum atomic E-state index is 12.7. The molecular weight excluding hydrogens is 390 g/mol. The van der Waals surface area contributed by atoms with Crippen molar-refractivity contribution in [3.63, 3.8) is 0 Å². The minimum absolute atomic E-state index is 0.221. The molecule has 0 saturated carbocycles. The summed E-state index contributed by atoms with van der Waals surface area (Å²) in [5.41, 5.74) is 1.09. The van der Waals surface area contributed by atoms with Crippen LogP contribution < -0.4 is 4.74 Å². The third-order valence-corrected chi connectivity index (χ3v) is 5.04. The van der Waals surface area contributed by atoms with Crippen LogP contribution in [0.3, 0.4) is 0 Å². The molecule has 1 aliphatic rings.